The van der Waals surface area contributed by atoms with Crippen molar-refractivity contribution in [3.05, 3.63) is 29.3 Å². The second-order valence-electron chi connectivity index (χ2n) is 10.8. The topological polar surface area (TPSA) is 160 Å². The summed E-state index contributed by atoms with van der Waals surface area (Å²) in [7, 11) is 0. The Kier molecular flexibility index (Phi) is 10.6. The molecule has 0 aromatic heterocycles. The molecule has 0 bridgehead atoms. The molecule has 0 saturated carbocycles. The highest BCUT2D eigenvalue weighted by atomic mass is 16.6. The van der Waals surface area contributed by atoms with Gasteiger partial charge in [0.2, 0.25) is 11.8 Å². The van der Waals surface area contributed by atoms with Gasteiger partial charge in [0.05, 0.1) is 11.1 Å². The number of alkyl carbamates (subject to hydrolysis) is 1. The van der Waals surface area contributed by atoms with E-state index < -0.39 is 41.4 Å². The summed E-state index contributed by atoms with van der Waals surface area (Å²) < 4.78 is 10.7. The molecule has 12 heteroatoms. The lowest BCUT2D eigenvalue weighted by atomic mass is 10.0. The zero-order valence-electron chi connectivity index (χ0n) is 23.3. The van der Waals surface area contributed by atoms with Crippen LogP contribution in [0.1, 0.15) is 92.9 Å². The van der Waals surface area contributed by atoms with E-state index in [-0.39, 0.29) is 42.2 Å². The minimum atomic E-state index is -1.04. The Balaban J connectivity index is 1.29. The molecule has 6 amide bonds. The molecule has 0 spiro atoms. The molecule has 40 heavy (non-hydrogen) atoms. The van der Waals surface area contributed by atoms with Gasteiger partial charge in [0, 0.05) is 19.5 Å². The molecule has 2 aliphatic rings. The summed E-state index contributed by atoms with van der Waals surface area (Å²) in [5.74, 6) is -2.40. The fourth-order valence-corrected chi connectivity index (χ4v) is 4.43. The lowest BCUT2D eigenvalue weighted by Gasteiger charge is -2.27. The largest absolute Gasteiger partial charge is 0.484 e. The Morgan fingerprint density at radius 1 is 0.925 bits per heavy atom. The predicted molar refractivity (Wildman–Crippen MR) is 144 cm³/mol. The molecule has 1 atom stereocenters. The molecule has 2 heterocycles. The molecule has 12 nitrogen and oxygen atoms in total. The average Bonchev–Trinajstić information content (AvgIpc) is 3.12. The Bertz CT molecular complexity index is 1140. The normalized spacial score (nSPS) is 16.9. The highest BCUT2D eigenvalue weighted by molar-refractivity contribution is 6.23. The van der Waals surface area contributed by atoms with Crippen LogP contribution < -0.4 is 20.7 Å². The van der Waals surface area contributed by atoms with Gasteiger partial charge in [0.25, 0.3) is 17.7 Å². The van der Waals surface area contributed by atoms with Crippen LogP contribution in [0, 0.1) is 0 Å². The minimum absolute atomic E-state index is 0.0440. The van der Waals surface area contributed by atoms with Crippen molar-refractivity contribution >= 4 is 35.6 Å². The smallest absolute Gasteiger partial charge is 0.407 e. The summed E-state index contributed by atoms with van der Waals surface area (Å²) in [5.41, 5.74) is -0.266. The van der Waals surface area contributed by atoms with E-state index in [2.05, 4.69) is 16.0 Å². The van der Waals surface area contributed by atoms with Gasteiger partial charge in [-0.25, -0.2) is 4.79 Å². The summed E-state index contributed by atoms with van der Waals surface area (Å²) in [6.07, 6.45) is 5.45. The number of carbonyl (C=O) groups is 6. The summed E-state index contributed by atoms with van der Waals surface area (Å²) >= 11 is 0. The Morgan fingerprint density at radius 3 is 2.20 bits per heavy atom. The summed E-state index contributed by atoms with van der Waals surface area (Å²) in [5, 5.41) is 7.69. The van der Waals surface area contributed by atoms with Gasteiger partial charge in [-0.05, 0) is 58.2 Å². The highest BCUT2D eigenvalue weighted by Gasteiger charge is 2.44. The van der Waals surface area contributed by atoms with E-state index in [0.29, 0.717) is 13.1 Å². The standard InChI is InChI=1S/C28H38N4O8/c1-28(2,3)40-27(38)30-15-9-7-5-4-6-8-14-29-23(34)17-39-18-10-11-19-20(16-18)26(37)32(25(19)36)21-12-13-22(33)31-24(21)35/h10-11,16,21H,4-9,12-15,17H2,1-3H3,(H,29,34)(H,30,38)(H,31,33,35). The number of nitrogens with zero attached hydrogens (tertiary/aromatic N) is 1. The van der Waals surface area contributed by atoms with Gasteiger partial charge in [-0.3, -0.25) is 34.2 Å². The summed E-state index contributed by atoms with van der Waals surface area (Å²) in [4.78, 5) is 73.8. The Hall–Kier alpha value is -3.96. The van der Waals surface area contributed by atoms with E-state index in [1.807, 2.05) is 20.8 Å². The number of ether oxygens (including phenoxy) is 2. The van der Waals surface area contributed by atoms with E-state index in [4.69, 9.17) is 9.47 Å². The number of amides is 6. The first kappa shape index (κ1) is 30.6. The molecular weight excluding hydrogens is 520 g/mol. The molecule has 1 fully saturated rings. The first-order valence-electron chi connectivity index (χ1n) is 13.7. The molecule has 1 unspecified atom stereocenters. The second kappa shape index (κ2) is 13.9. The number of unbranched alkanes of at least 4 members (excludes halogenated alkanes) is 5. The number of fused-ring (bicyclic) bond motifs is 1. The fourth-order valence-electron chi connectivity index (χ4n) is 4.43. The summed E-state index contributed by atoms with van der Waals surface area (Å²) in [6.45, 7) is 6.32. The van der Waals surface area contributed by atoms with Crippen molar-refractivity contribution in [2.75, 3.05) is 19.7 Å². The van der Waals surface area contributed by atoms with Crippen molar-refractivity contribution in [3.63, 3.8) is 0 Å². The number of hydrogen-bond acceptors (Lipinski definition) is 8. The van der Waals surface area contributed by atoms with Crippen molar-refractivity contribution in [2.24, 2.45) is 0 Å². The number of benzene rings is 1. The third-order valence-corrected chi connectivity index (χ3v) is 6.38. The van der Waals surface area contributed by atoms with Gasteiger partial charge in [-0.1, -0.05) is 25.7 Å². The molecule has 3 N–H and O–H groups in total. The second-order valence-corrected chi connectivity index (χ2v) is 10.8. The van der Waals surface area contributed by atoms with Gasteiger partial charge < -0.3 is 20.1 Å². The van der Waals surface area contributed by atoms with Crippen molar-refractivity contribution in [1.82, 2.24) is 20.9 Å². The molecule has 1 aromatic rings. The van der Waals surface area contributed by atoms with E-state index >= 15 is 0 Å². The quantitative estimate of drug-likeness (QED) is 0.246. The van der Waals surface area contributed by atoms with Gasteiger partial charge in [0.1, 0.15) is 17.4 Å². The molecule has 2 aliphatic heterocycles. The van der Waals surface area contributed by atoms with Crippen molar-refractivity contribution < 1.29 is 38.2 Å². The maximum atomic E-state index is 12.9. The first-order valence-corrected chi connectivity index (χ1v) is 13.7. The molecule has 1 saturated heterocycles. The molecule has 0 aliphatic carbocycles. The number of carbonyl (C=O) groups excluding carboxylic acids is 6. The Morgan fingerprint density at radius 2 is 1.55 bits per heavy atom. The summed E-state index contributed by atoms with van der Waals surface area (Å²) in [6, 6.07) is 3.27. The molecule has 3 rings (SSSR count). The lowest BCUT2D eigenvalue weighted by molar-refractivity contribution is -0.136. The number of piperidine rings is 1. The number of hydrogen-bond donors (Lipinski definition) is 3. The van der Waals surface area contributed by atoms with Crippen LogP contribution in [0.3, 0.4) is 0 Å². The van der Waals surface area contributed by atoms with E-state index in [1.54, 1.807) is 0 Å². The van der Waals surface area contributed by atoms with Crippen molar-refractivity contribution in [1.29, 1.82) is 0 Å². The maximum Gasteiger partial charge on any atom is 0.407 e. The van der Waals surface area contributed by atoms with Crippen LogP contribution in [-0.2, 0) is 19.1 Å². The number of imide groups is 2. The lowest BCUT2D eigenvalue weighted by Crippen LogP contribution is -2.54. The van der Waals surface area contributed by atoms with E-state index in [1.165, 1.54) is 18.2 Å². The van der Waals surface area contributed by atoms with E-state index in [9.17, 15) is 28.8 Å². The van der Waals surface area contributed by atoms with Crippen LogP contribution in [0.25, 0.3) is 0 Å². The van der Waals surface area contributed by atoms with Crippen LogP contribution in [0.15, 0.2) is 18.2 Å². The average molecular weight is 559 g/mol. The monoisotopic (exact) mass is 558 g/mol. The first-order chi connectivity index (χ1) is 19.0. The van der Waals surface area contributed by atoms with Gasteiger partial charge in [-0.2, -0.15) is 0 Å². The number of rotatable bonds is 13. The van der Waals surface area contributed by atoms with Crippen LogP contribution in [0.2, 0.25) is 0 Å². The third-order valence-electron chi connectivity index (χ3n) is 6.38. The zero-order chi connectivity index (χ0) is 29.3. The number of nitrogens with one attached hydrogen (secondary N) is 3. The van der Waals surface area contributed by atoms with Crippen molar-refractivity contribution in [3.8, 4) is 5.75 Å². The predicted octanol–water partition coefficient (Wildman–Crippen LogP) is 2.45. The maximum absolute atomic E-state index is 12.9. The van der Waals surface area contributed by atoms with Gasteiger partial charge in [-0.15, -0.1) is 0 Å². The zero-order valence-corrected chi connectivity index (χ0v) is 23.3. The SMILES string of the molecule is CC(C)(C)OC(=O)NCCCCCCCCNC(=O)COc1ccc2c(c1)C(=O)N(C1CCC(=O)NC1=O)C2=O. The molecule has 1 aromatic carbocycles. The minimum Gasteiger partial charge on any atom is -0.484 e. The van der Waals surface area contributed by atoms with Crippen LogP contribution in [0.4, 0.5) is 4.79 Å². The third kappa shape index (κ3) is 8.78. The Labute approximate surface area is 233 Å². The van der Waals surface area contributed by atoms with E-state index in [0.717, 1.165) is 43.4 Å². The highest BCUT2D eigenvalue weighted by Crippen LogP contribution is 2.30. The van der Waals surface area contributed by atoms with Gasteiger partial charge >= 0.3 is 6.09 Å². The molecule has 0 radical (unpaired) electrons. The fraction of sp³-hybridized carbons (Fsp3) is 0.571. The van der Waals surface area contributed by atoms with Crippen LogP contribution >= 0.6 is 0 Å². The molecule has 218 valence electrons. The van der Waals surface area contributed by atoms with Crippen molar-refractivity contribution in [2.45, 2.75) is 83.8 Å². The van der Waals surface area contributed by atoms with Crippen LogP contribution in [-0.4, -0.2) is 71.9 Å². The van der Waals surface area contributed by atoms with Gasteiger partial charge in [0.15, 0.2) is 6.61 Å². The molecular formula is C28H38N4O8. The van der Waals surface area contributed by atoms with Crippen LogP contribution in [0.5, 0.6) is 5.75 Å².